The first-order valence-corrected chi connectivity index (χ1v) is 20.3. The highest BCUT2D eigenvalue weighted by Crippen LogP contribution is 2.78. The van der Waals surface area contributed by atoms with Crippen molar-refractivity contribution in [1.29, 1.82) is 0 Å². The number of aromatic nitrogens is 3. The second-order valence-corrected chi connectivity index (χ2v) is 19.4. The summed E-state index contributed by atoms with van der Waals surface area (Å²) in [7, 11) is 0. The Morgan fingerprint density at radius 1 is 0.902 bits per heavy atom. The van der Waals surface area contributed by atoms with Crippen LogP contribution in [0.4, 0.5) is 0 Å². The molecule has 0 spiro atoms. The number of likely N-dealkylation sites (tertiary alicyclic amines) is 1. The van der Waals surface area contributed by atoms with Crippen LogP contribution in [0.5, 0.6) is 0 Å². The van der Waals surface area contributed by atoms with Gasteiger partial charge in [-0.3, -0.25) is 14.6 Å². The van der Waals surface area contributed by atoms with Crippen molar-refractivity contribution < 1.29 is 14.3 Å². The zero-order valence-corrected chi connectivity index (χ0v) is 32.4. The van der Waals surface area contributed by atoms with Crippen molar-refractivity contribution >= 4 is 11.9 Å². The first-order valence-electron chi connectivity index (χ1n) is 20.3. The minimum atomic E-state index is -0.330. The molecule has 2 aromatic rings. The van der Waals surface area contributed by atoms with Crippen LogP contribution in [0.15, 0.2) is 42.9 Å². The average molecular weight is 695 g/mol. The Morgan fingerprint density at radius 3 is 2.43 bits per heavy atom. The first kappa shape index (κ1) is 35.1. The van der Waals surface area contributed by atoms with E-state index in [-0.39, 0.29) is 45.2 Å². The zero-order chi connectivity index (χ0) is 36.1. The Bertz CT molecular complexity index is 1700. The van der Waals surface area contributed by atoms with E-state index >= 15 is 4.79 Å². The molecule has 1 saturated heterocycles. The van der Waals surface area contributed by atoms with Gasteiger partial charge >= 0.3 is 5.97 Å². The molecule has 51 heavy (non-hydrogen) atoms. The predicted molar refractivity (Wildman–Crippen MR) is 200 cm³/mol. The van der Waals surface area contributed by atoms with Crippen LogP contribution in [0.1, 0.15) is 137 Å². The number of aromatic amines is 1. The number of hydrogen-bond donors (Lipinski definition) is 1. The maximum Gasteiger partial charge on any atom is 0.302 e. The van der Waals surface area contributed by atoms with Crippen LogP contribution in [-0.4, -0.2) is 44.4 Å². The molecule has 1 aliphatic heterocycles. The molecule has 1 amide bonds. The quantitative estimate of drug-likeness (QED) is 0.249. The van der Waals surface area contributed by atoms with Crippen molar-refractivity contribution in [1.82, 2.24) is 19.9 Å². The number of carbonyl (C=O) groups is 2. The van der Waals surface area contributed by atoms with Crippen molar-refractivity contribution in [3.05, 3.63) is 48.7 Å². The topological polar surface area (TPSA) is 88.2 Å². The lowest BCUT2D eigenvalue weighted by Gasteiger charge is -2.73. The van der Waals surface area contributed by atoms with Gasteiger partial charge in [0.1, 0.15) is 11.9 Å². The summed E-state index contributed by atoms with van der Waals surface area (Å²) in [5.41, 5.74) is 3.47. The summed E-state index contributed by atoms with van der Waals surface area (Å²) in [6.45, 7) is 21.9. The molecule has 276 valence electrons. The molecule has 5 saturated carbocycles. The van der Waals surface area contributed by atoms with Gasteiger partial charge in [0, 0.05) is 36.8 Å². The van der Waals surface area contributed by atoms with Gasteiger partial charge in [0.05, 0.1) is 23.3 Å². The molecule has 3 heterocycles. The molecular weight excluding hydrogens is 633 g/mol. The first-order chi connectivity index (χ1) is 24.2. The van der Waals surface area contributed by atoms with Gasteiger partial charge in [0.2, 0.25) is 5.91 Å². The molecule has 0 aromatic carbocycles. The molecule has 8 rings (SSSR count). The van der Waals surface area contributed by atoms with E-state index in [2.05, 4.69) is 69.1 Å². The molecule has 11 atom stereocenters. The Hall–Kier alpha value is -2.96. The number of pyridine rings is 1. The van der Waals surface area contributed by atoms with E-state index in [0.29, 0.717) is 35.5 Å². The average Bonchev–Trinajstić information content (AvgIpc) is 3.85. The molecule has 2 aromatic heterocycles. The van der Waals surface area contributed by atoms with Crippen LogP contribution in [0.25, 0.3) is 11.3 Å². The van der Waals surface area contributed by atoms with E-state index < -0.39 is 0 Å². The van der Waals surface area contributed by atoms with Crippen molar-refractivity contribution in [2.24, 2.45) is 56.7 Å². The molecular formula is C44H62N4O3. The molecule has 7 nitrogen and oxygen atoms in total. The monoisotopic (exact) mass is 694 g/mol. The van der Waals surface area contributed by atoms with E-state index in [1.165, 1.54) is 31.3 Å². The van der Waals surface area contributed by atoms with Crippen LogP contribution < -0.4 is 0 Å². The summed E-state index contributed by atoms with van der Waals surface area (Å²) < 4.78 is 5.99. The van der Waals surface area contributed by atoms with Crippen molar-refractivity contribution in [3.63, 3.8) is 0 Å². The third-order valence-corrected chi connectivity index (χ3v) is 17.1. The van der Waals surface area contributed by atoms with E-state index in [9.17, 15) is 4.79 Å². The molecule has 0 unspecified atom stereocenters. The number of imidazole rings is 1. The van der Waals surface area contributed by atoms with Crippen LogP contribution >= 0.6 is 0 Å². The van der Waals surface area contributed by atoms with Crippen LogP contribution in [0, 0.1) is 56.7 Å². The molecule has 0 bridgehead atoms. The number of fused-ring (bicyclic) bond motifs is 7. The van der Waals surface area contributed by atoms with E-state index in [0.717, 1.165) is 75.0 Å². The largest absolute Gasteiger partial charge is 0.462 e. The number of esters is 1. The Morgan fingerprint density at radius 2 is 1.71 bits per heavy atom. The number of nitrogens with zero attached hydrogens (tertiary/aromatic N) is 3. The second kappa shape index (κ2) is 12.0. The number of H-pyrrole nitrogens is 1. The van der Waals surface area contributed by atoms with Gasteiger partial charge in [0.15, 0.2) is 0 Å². The fourth-order valence-electron chi connectivity index (χ4n) is 14.7. The highest BCUT2D eigenvalue weighted by molar-refractivity contribution is 5.84. The zero-order valence-electron chi connectivity index (χ0n) is 32.4. The molecule has 7 heteroatoms. The number of hydrogen-bond acceptors (Lipinski definition) is 5. The van der Waals surface area contributed by atoms with Crippen molar-refractivity contribution in [3.8, 4) is 11.3 Å². The summed E-state index contributed by atoms with van der Waals surface area (Å²) in [6, 6.07) is 3.99. The fraction of sp³-hybridized carbons (Fsp3) is 0.727. The lowest BCUT2D eigenvalue weighted by molar-refractivity contribution is -0.249. The Kier molecular flexibility index (Phi) is 8.28. The summed E-state index contributed by atoms with van der Waals surface area (Å²) >= 11 is 0. The lowest BCUT2D eigenvalue weighted by Crippen LogP contribution is -2.67. The highest BCUT2D eigenvalue weighted by Gasteiger charge is 2.72. The predicted octanol–water partition coefficient (Wildman–Crippen LogP) is 9.72. The fourth-order valence-corrected chi connectivity index (χ4v) is 14.7. The number of amides is 1. The minimum Gasteiger partial charge on any atom is -0.462 e. The summed E-state index contributed by atoms with van der Waals surface area (Å²) in [6.07, 6.45) is 18.6. The van der Waals surface area contributed by atoms with Crippen molar-refractivity contribution in [2.45, 2.75) is 138 Å². The number of nitrogens with one attached hydrogen (secondary N) is 1. The van der Waals surface area contributed by atoms with Gasteiger partial charge in [-0.05, 0) is 142 Å². The SMILES string of the molecule is C=C(C)[C@@H]1CC[C@]2(C(=O)N3CCC[C@@H]3c3ncc(-c4cccnc4)[nH]3)CC[C@]3(C)[C@H](CC[C@@H]4[C@@]5(C)CC[C@H](OC(C)=O)C(C)(C)[C@@H]5CC[C@]43C)[C@@H]12. The van der Waals surface area contributed by atoms with Crippen LogP contribution in [0.2, 0.25) is 0 Å². The van der Waals surface area contributed by atoms with E-state index in [1.807, 2.05) is 18.5 Å². The van der Waals surface area contributed by atoms with Crippen molar-refractivity contribution in [2.75, 3.05) is 6.54 Å². The summed E-state index contributed by atoms with van der Waals surface area (Å²) in [4.78, 5) is 42.5. The van der Waals surface area contributed by atoms with Gasteiger partial charge in [0.25, 0.3) is 0 Å². The highest BCUT2D eigenvalue weighted by atomic mass is 16.5. The van der Waals surface area contributed by atoms with E-state index in [4.69, 9.17) is 9.72 Å². The molecule has 0 radical (unpaired) electrons. The molecule has 5 aliphatic carbocycles. The number of carbonyl (C=O) groups excluding carboxylic acids is 2. The van der Waals surface area contributed by atoms with Gasteiger partial charge in [-0.1, -0.05) is 46.8 Å². The summed E-state index contributed by atoms with van der Waals surface area (Å²) in [5, 5.41) is 0. The third kappa shape index (κ3) is 4.94. The lowest BCUT2D eigenvalue weighted by atomic mass is 9.32. The maximum absolute atomic E-state index is 15.4. The Labute approximate surface area is 306 Å². The number of allylic oxidation sites excluding steroid dienone is 1. The number of rotatable bonds is 5. The van der Waals surface area contributed by atoms with Crippen LogP contribution in [-0.2, 0) is 14.3 Å². The molecule has 6 fully saturated rings. The normalized spacial score (nSPS) is 42.6. The third-order valence-electron chi connectivity index (χ3n) is 17.1. The van der Waals surface area contributed by atoms with E-state index in [1.54, 1.807) is 13.1 Å². The molecule has 1 N–H and O–H groups in total. The summed E-state index contributed by atoms with van der Waals surface area (Å²) in [5.74, 6) is 3.57. The smallest absolute Gasteiger partial charge is 0.302 e. The standard InChI is InChI=1S/C44H62N4O3/c1-27(2)30-15-20-44(39(50)48-24-10-12-33(48)38-46-26-32(47-38)29-11-9-23-45-25-29)22-21-42(7)31(37(30)44)13-14-35-41(6)18-17-36(51-28(3)49)40(4,5)34(41)16-19-43(35,42)8/h9,11,23,25-26,30-31,33-37H,1,10,12-22,24H2,2-8H3,(H,46,47)/t30-,31+,33+,34-,35+,36-,37+,41-,42+,43+,44-/m0/s1. The van der Waals surface area contributed by atoms with Gasteiger partial charge in [-0.15, -0.1) is 0 Å². The van der Waals surface area contributed by atoms with Gasteiger partial charge in [-0.25, -0.2) is 4.98 Å². The minimum absolute atomic E-state index is 0.00185. The van der Waals surface area contributed by atoms with Gasteiger partial charge < -0.3 is 14.6 Å². The van der Waals surface area contributed by atoms with Crippen LogP contribution in [0.3, 0.4) is 0 Å². The second-order valence-electron chi connectivity index (χ2n) is 19.4. The maximum atomic E-state index is 15.4. The number of ether oxygens (including phenoxy) is 1. The van der Waals surface area contributed by atoms with Gasteiger partial charge in [-0.2, -0.15) is 0 Å². The Balaban J connectivity index is 1.11. The molecule has 6 aliphatic rings.